The molecule has 1 aliphatic carbocycles. The second-order valence-corrected chi connectivity index (χ2v) is 11.5. The minimum atomic E-state index is -3.74. The van der Waals surface area contributed by atoms with E-state index < -0.39 is 10.0 Å². The lowest BCUT2D eigenvalue weighted by atomic mass is 9.81. The maximum absolute atomic E-state index is 14.1. The van der Waals surface area contributed by atoms with Crippen LogP contribution < -0.4 is 13.8 Å². The van der Waals surface area contributed by atoms with Crippen LogP contribution in [0.5, 0.6) is 11.5 Å². The third kappa shape index (κ3) is 3.98. The lowest BCUT2D eigenvalue weighted by Gasteiger charge is -2.33. The molecule has 5 rings (SSSR count). The van der Waals surface area contributed by atoms with E-state index >= 15 is 0 Å². The minimum absolute atomic E-state index is 0.0814. The Labute approximate surface area is 208 Å². The van der Waals surface area contributed by atoms with Gasteiger partial charge in [-0.15, -0.1) is 0 Å². The van der Waals surface area contributed by atoms with E-state index in [9.17, 15) is 8.42 Å². The molecule has 0 saturated heterocycles. The summed E-state index contributed by atoms with van der Waals surface area (Å²) in [7, 11) is -2.08. The Kier molecular flexibility index (Phi) is 6.26. The van der Waals surface area contributed by atoms with Crippen LogP contribution in [0.25, 0.3) is 0 Å². The van der Waals surface area contributed by atoms with Crippen LogP contribution in [0, 0.1) is 20.8 Å². The number of hydrogen-bond donors (Lipinski definition) is 0. The highest BCUT2D eigenvalue weighted by Gasteiger charge is 2.49. The van der Waals surface area contributed by atoms with Gasteiger partial charge in [0.05, 0.1) is 23.7 Å². The van der Waals surface area contributed by atoms with Crippen LogP contribution in [0.15, 0.2) is 59.5 Å². The fourth-order valence-corrected chi connectivity index (χ4v) is 7.51. The Hall–Kier alpha value is -2.99. The zero-order valence-electron chi connectivity index (χ0n) is 20.9. The normalized spacial score (nSPS) is 19.3. The summed E-state index contributed by atoms with van der Waals surface area (Å²) in [5.41, 5.74) is 5.72. The van der Waals surface area contributed by atoms with Gasteiger partial charge in [-0.1, -0.05) is 60.9 Å². The Morgan fingerprint density at radius 2 is 1.57 bits per heavy atom. The van der Waals surface area contributed by atoms with Gasteiger partial charge in [0.1, 0.15) is 6.61 Å². The number of sulfonamides is 1. The van der Waals surface area contributed by atoms with Gasteiger partial charge in [-0.25, -0.2) is 8.42 Å². The van der Waals surface area contributed by atoms with Crippen molar-refractivity contribution >= 4 is 15.7 Å². The predicted octanol–water partition coefficient (Wildman–Crippen LogP) is 6.43. The maximum atomic E-state index is 14.1. The maximum Gasteiger partial charge on any atom is 0.264 e. The van der Waals surface area contributed by atoms with Crippen molar-refractivity contribution in [3.8, 4) is 11.5 Å². The van der Waals surface area contributed by atoms with Crippen LogP contribution in [-0.4, -0.2) is 21.6 Å². The van der Waals surface area contributed by atoms with Crippen LogP contribution in [-0.2, 0) is 16.6 Å². The number of aryl methyl sites for hydroxylation is 1. The van der Waals surface area contributed by atoms with E-state index in [0.29, 0.717) is 23.0 Å². The first kappa shape index (κ1) is 23.7. The number of rotatable bonds is 6. The molecule has 35 heavy (non-hydrogen) atoms. The Morgan fingerprint density at radius 1 is 0.886 bits per heavy atom. The van der Waals surface area contributed by atoms with Gasteiger partial charge >= 0.3 is 0 Å². The van der Waals surface area contributed by atoms with Gasteiger partial charge in [0.2, 0.25) is 0 Å². The van der Waals surface area contributed by atoms with Gasteiger partial charge in [0.15, 0.2) is 11.5 Å². The zero-order valence-corrected chi connectivity index (χ0v) is 21.7. The van der Waals surface area contributed by atoms with Gasteiger partial charge in [0, 0.05) is 11.5 Å². The third-order valence-electron chi connectivity index (χ3n) is 7.59. The average Bonchev–Trinajstić information content (AvgIpc) is 3.22. The molecule has 0 amide bonds. The first-order valence-electron chi connectivity index (χ1n) is 12.3. The summed E-state index contributed by atoms with van der Waals surface area (Å²) in [6.07, 6.45) is 3.87. The summed E-state index contributed by atoms with van der Waals surface area (Å²) in [4.78, 5) is 0.333. The van der Waals surface area contributed by atoms with E-state index in [0.717, 1.165) is 59.2 Å². The molecule has 0 N–H and O–H groups in total. The lowest BCUT2D eigenvalue weighted by Crippen LogP contribution is -2.40. The summed E-state index contributed by atoms with van der Waals surface area (Å²) < 4.78 is 42.3. The number of methoxy groups -OCH3 is 1. The topological polar surface area (TPSA) is 55.8 Å². The number of ether oxygens (including phenoxy) is 2. The number of benzene rings is 3. The van der Waals surface area contributed by atoms with Crippen molar-refractivity contribution in [2.75, 3.05) is 11.4 Å². The molecular weight excluding hydrogens is 458 g/mol. The molecule has 2 aliphatic rings. The lowest BCUT2D eigenvalue weighted by molar-refractivity contribution is 0.276. The first-order chi connectivity index (χ1) is 16.8. The molecule has 6 heteroatoms. The molecule has 1 fully saturated rings. The van der Waals surface area contributed by atoms with Crippen molar-refractivity contribution in [1.29, 1.82) is 0 Å². The highest BCUT2D eigenvalue weighted by Crippen LogP contribution is 2.58. The van der Waals surface area contributed by atoms with E-state index in [4.69, 9.17) is 9.47 Å². The van der Waals surface area contributed by atoms with Crippen molar-refractivity contribution in [3.63, 3.8) is 0 Å². The standard InChI is InChI=1S/C29H33NO4S/c1-19-14-16-23(17-15-19)35(31,32)30-25-13-9-8-12-24(25)26-27(30)20(2)21(3)28(33-4)29(26)34-18-22-10-6-5-7-11-22/h5-7,10-11,14-17,24-25H,8-9,12-13,18H2,1-4H3/t24-,25+/m0/s1. The largest absolute Gasteiger partial charge is 0.493 e. The summed E-state index contributed by atoms with van der Waals surface area (Å²) in [5, 5.41) is 0. The molecule has 0 unspecified atom stereocenters. The molecule has 3 aromatic rings. The zero-order chi connectivity index (χ0) is 24.7. The van der Waals surface area contributed by atoms with Crippen LogP contribution in [0.3, 0.4) is 0 Å². The van der Waals surface area contributed by atoms with Crippen LogP contribution >= 0.6 is 0 Å². The Morgan fingerprint density at radius 3 is 2.26 bits per heavy atom. The average molecular weight is 492 g/mol. The van der Waals surface area contributed by atoms with Gasteiger partial charge in [-0.05, 0) is 62.4 Å². The molecule has 5 nitrogen and oxygen atoms in total. The summed E-state index contributed by atoms with van der Waals surface area (Å²) in [6, 6.07) is 17.1. The van der Waals surface area contributed by atoms with Crippen molar-refractivity contribution < 1.29 is 17.9 Å². The highest BCUT2D eigenvalue weighted by molar-refractivity contribution is 7.92. The monoisotopic (exact) mass is 491 g/mol. The molecule has 2 atom stereocenters. The van der Waals surface area contributed by atoms with E-state index in [1.54, 1.807) is 23.5 Å². The fraction of sp³-hybridized carbons (Fsp3) is 0.379. The molecule has 0 aromatic heterocycles. The molecule has 1 heterocycles. The molecule has 0 bridgehead atoms. The molecule has 0 radical (unpaired) electrons. The number of anilines is 1. The van der Waals surface area contributed by atoms with Crippen LogP contribution in [0.2, 0.25) is 0 Å². The van der Waals surface area contributed by atoms with Crippen LogP contribution in [0.4, 0.5) is 5.69 Å². The number of fused-ring (bicyclic) bond motifs is 3. The Balaban J connectivity index is 1.70. The van der Waals surface area contributed by atoms with Gasteiger partial charge in [0.25, 0.3) is 10.0 Å². The Bertz CT molecular complexity index is 1330. The van der Waals surface area contributed by atoms with Crippen molar-refractivity contribution in [2.24, 2.45) is 0 Å². The quantitative estimate of drug-likeness (QED) is 0.398. The van der Waals surface area contributed by atoms with E-state index in [-0.39, 0.29) is 12.0 Å². The van der Waals surface area contributed by atoms with E-state index in [1.807, 2.05) is 63.2 Å². The van der Waals surface area contributed by atoms with Crippen molar-refractivity contribution in [3.05, 3.63) is 82.4 Å². The fourth-order valence-electron chi connectivity index (χ4n) is 5.71. The summed E-state index contributed by atoms with van der Waals surface area (Å²) >= 11 is 0. The summed E-state index contributed by atoms with van der Waals surface area (Å²) in [6.45, 7) is 6.36. The van der Waals surface area contributed by atoms with Crippen LogP contribution in [0.1, 0.15) is 59.4 Å². The third-order valence-corrected chi connectivity index (χ3v) is 9.43. The van der Waals surface area contributed by atoms with Gasteiger partial charge < -0.3 is 9.47 Å². The smallest absolute Gasteiger partial charge is 0.264 e. The van der Waals surface area contributed by atoms with Gasteiger partial charge in [-0.3, -0.25) is 4.31 Å². The second-order valence-electron chi connectivity index (χ2n) is 9.72. The number of nitrogens with zero attached hydrogens (tertiary/aromatic N) is 1. The minimum Gasteiger partial charge on any atom is -0.493 e. The first-order valence-corrected chi connectivity index (χ1v) is 13.8. The predicted molar refractivity (Wildman–Crippen MR) is 139 cm³/mol. The number of hydrogen-bond acceptors (Lipinski definition) is 4. The molecule has 1 aliphatic heterocycles. The SMILES string of the molecule is COc1c(C)c(C)c2c(c1OCc1ccccc1)[C@H]1CCCC[C@H]1N2S(=O)(=O)c1ccc(C)cc1. The molecule has 1 saturated carbocycles. The van der Waals surface area contributed by atoms with E-state index in [1.165, 1.54) is 0 Å². The molecule has 3 aromatic carbocycles. The van der Waals surface area contributed by atoms with Crippen molar-refractivity contribution in [1.82, 2.24) is 0 Å². The highest BCUT2D eigenvalue weighted by atomic mass is 32.2. The van der Waals surface area contributed by atoms with Crippen molar-refractivity contribution in [2.45, 2.75) is 69.9 Å². The summed E-state index contributed by atoms with van der Waals surface area (Å²) in [5.74, 6) is 1.47. The van der Waals surface area contributed by atoms with E-state index in [2.05, 4.69) is 0 Å². The molecule has 184 valence electrons. The molecular formula is C29H33NO4S. The second kappa shape index (κ2) is 9.23. The molecule has 0 spiro atoms. The van der Waals surface area contributed by atoms with Gasteiger partial charge in [-0.2, -0.15) is 0 Å².